The molecule has 0 atom stereocenters. The van der Waals surface area contributed by atoms with Crippen molar-refractivity contribution in [2.75, 3.05) is 19.6 Å². The zero-order valence-electron chi connectivity index (χ0n) is 13.7. The Morgan fingerprint density at radius 1 is 0.833 bits per heavy atom. The van der Waals surface area contributed by atoms with Crippen LogP contribution in [0.2, 0.25) is 0 Å². The first-order chi connectivity index (χ1) is 11.8. The second kappa shape index (κ2) is 7.71. The van der Waals surface area contributed by atoms with E-state index in [1.54, 1.807) is 0 Å². The Bertz CT molecular complexity index is 711. The largest absolute Gasteiger partial charge is 0.291 e. The zero-order chi connectivity index (χ0) is 16.8. The van der Waals surface area contributed by atoms with Crippen LogP contribution >= 0.6 is 0 Å². The number of likely N-dealkylation sites (tertiary alicyclic amines) is 1. The maximum atomic E-state index is 12.9. The Morgan fingerprint density at radius 2 is 1.29 bits per heavy atom. The maximum absolute atomic E-state index is 12.9. The first kappa shape index (κ1) is 16.2. The summed E-state index contributed by atoms with van der Waals surface area (Å²) in [5, 5.41) is 0. The van der Waals surface area contributed by atoms with Gasteiger partial charge in [0.25, 0.3) is 0 Å². The lowest BCUT2D eigenvalue weighted by atomic mass is 9.94. The molecule has 24 heavy (non-hydrogen) atoms. The van der Waals surface area contributed by atoms with E-state index >= 15 is 0 Å². The normalized spacial score (nSPS) is 18.9. The molecule has 120 valence electrons. The van der Waals surface area contributed by atoms with Gasteiger partial charge in [-0.25, -0.2) is 0 Å². The standard InChI is InChI=1S/C22H21NO/c1-2-13-23-16-20(14-18-9-5-3-6-10-18)22(24)21(17-23)15-19-11-7-4-8-12-19/h2-12,14-15H,1,13,16-17H2. The summed E-state index contributed by atoms with van der Waals surface area (Å²) < 4.78 is 0. The van der Waals surface area contributed by atoms with Crippen LogP contribution in [0.1, 0.15) is 11.1 Å². The van der Waals surface area contributed by atoms with Crippen molar-refractivity contribution < 1.29 is 4.79 Å². The van der Waals surface area contributed by atoms with Crippen molar-refractivity contribution in [1.29, 1.82) is 0 Å². The fourth-order valence-electron chi connectivity index (χ4n) is 2.92. The van der Waals surface area contributed by atoms with Gasteiger partial charge in [-0.1, -0.05) is 66.7 Å². The van der Waals surface area contributed by atoms with E-state index in [-0.39, 0.29) is 5.78 Å². The second-order valence-electron chi connectivity index (χ2n) is 5.95. The first-order valence-corrected chi connectivity index (χ1v) is 8.15. The summed E-state index contributed by atoms with van der Waals surface area (Å²) in [5.41, 5.74) is 3.77. The number of hydrogen-bond donors (Lipinski definition) is 0. The Kier molecular flexibility index (Phi) is 5.19. The SMILES string of the molecule is C=CCN1CC(=Cc2ccccc2)C(=O)C(=Cc2ccccc2)C1. The molecule has 0 spiro atoms. The molecule has 0 saturated carbocycles. The van der Waals surface area contributed by atoms with Crippen molar-refractivity contribution in [3.8, 4) is 0 Å². The molecule has 0 unspecified atom stereocenters. The van der Waals surface area contributed by atoms with E-state index in [0.29, 0.717) is 13.1 Å². The molecule has 0 aromatic heterocycles. The molecule has 1 aliphatic heterocycles. The smallest absolute Gasteiger partial charge is 0.187 e. The maximum Gasteiger partial charge on any atom is 0.187 e. The lowest BCUT2D eigenvalue weighted by molar-refractivity contribution is -0.113. The van der Waals surface area contributed by atoms with Gasteiger partial charge in [0, 0.05) is 30.8 Å². The minimum Gasteiger partial charge on any atom is -0.291 e. The van der Waals surface area contributed by atoms with E-state index in [0.717, 1.165) is 28.8 Å². The number of Topliss-reactive ketones (excluding diaryl/α,β-unsaturated/α-hetero) is 1. The van der Waals surface area contributed by atoms with Crippen LogP contribution in [0.3, 0.4) is 0 Å². The van der Waals surface area contributed by atoms with Gasteiger partial charge in [-0.15, -0.1) is 6.58 Å². The van der Waals surface area contributed by atoms with Crippen LogP contribution < -0.4 is 0 Å². The van der Waals surface area contributed by atoms with E-state index in [1.165, 1.54) is 0 Å². The van der Waals surface area contributed by atoms with E-state index in [4.69, 9.17) is 0 Å². The Morgan fingerprint density at radius 3 is 1.71 bits per heavy atom. The van der Waals surface area contributed by atoms with Gasteiger partial charge in [0.05, 0.1) is 0 Å². The quantitative estimate of drug-likeness (QED) is 0.622. The van der Waals surface area contributed by atoms with Gasteiger partial charge in [-0.3, -0.25) is 9.69 Å². The van der Waals surface area contributed by atoms with E-state index in [2.05, 4.69) is 11.5 Å². The van der Waals surface area contributed by atoms with Crippen molar-refractivity contribution in [3.63, 3.8) is 0 Å². The summed E-state index contributed by atoms with van der Waals surface area (Å²) >= 11 is 0. The first-order valence-electron chi connectivity index (χ1n) is 8.15. The van der Waals surface area contributed by atoms with E-state index in [9.17, 15) is 4.79 Å². The van der Waals surface area contributed by atoms with Crippen LogP contribution in [0.5, 0.6) is 0 Å². The molecule has 1 saturated heterocycles. The summed E-state index contributed by atoms with van der Waals surface area (Å²) in [5.74, 6) is 0.142. The Labute approximate surface area is 143 Å². The molecule has 0 amide bonds. The van der Waals surface area contributed by atoms with Crippen LogP contribution in [-0.2, 0) is 4.79 Å². The molecule has 1 aliphatic rings. The molecule has 2 nitrogen and oxygen atoms in total. The van der Waals surface area contributed by atoms with Crippen LogP contribution in [0, 0.1) is 0 Å². The number of ketones is 1. The van der Waals surface area contributed by atoms with Crippen LogP contribution in [0.15, 0.2) is 84.5 Å². The fourth-order valence-corrected chi connectivity index (χ4v) is 2.92. The minimum atomic E-state index is 0.142. The highest BCUT2D eigenvalue weighted by atomic mass is 16.1. The van der Waals surface area contributed by atoms with Crippen molar-refractivity contribution in [3.05, 3.63) is 95.6 Å². The second-order valence-corrected chi connectivity index (χ2v) is 5.95. The number of rotatable bonds is 4. The third-order valence-corrected chi connectivity index (χ3v) is 4.04. The molecule has 2 aromatic carbocycles. The highest BCUT2D eigenvalue weighted by Gasteiger charge is 2.25. The molecule has 1 fully saturated rings. The molecular weight excluding hydrogens is 294 g/mol. The van der Waals surface area contributed by atoms with Crippen LogP contribution in [0.4, 0.5) is 0 Å². The molecule has 0 aliphatic carbocycles. The third-order valence-electron chi connectivity index (χ3n) is 4.04. The van der Waals surface area contributed by atoms with Crippen molar-refractivity contribution in [1.82, 2.24) is 4.90 Å². The molecule has 1 heterocycles. The van der Waals surface area contributed by atoms with Gasteiger partial charge in [-0.05, 0) is 23.3 Å². The minimum absolute atomic E-state index is 0.142. The summed E-state index contributed by atoms with van der Waals surface area (Å²) in [6.07, 6.45) is 5.88. The third kappa shape index (κ3) is 3.98. The van der Waals surface area contributed by atoms with Crippen molar-refractivity contribution in [2.45, 2.75) is 0 Å². The Hall–Kier alpha value is -2.71. The molecule has 2 aromatic rings. The molecule has 3 rings (SSSR count). The van der Waals surface area contributed by atoms with Gasteiger partial charge < -0.3 is 0 Å². The fraction of sp³-hybridized carbons (Fsp3) is 0.136. The monoisotopic (exact) mass is 315 g/mol. The molecule has 2 heteroatoms. The predicted octanol–water partition coefficient (Wildman–Crippen LogP) is 4.22. The van der Waals surface area contributed by atoms with E-state index in [1.807, 2.05) is 78.9 Å². The van der Waals surface area contributed by atoms with Gasteiger partial charge in [0.2, 0.25) is 0 Å². The van der Waals surface area contributed by atoms with Crippen LogP contribution in [-0.4, -0.2) is 30.3 Å². The Balaban J connectivity index is 1.94. The molecular formula is C22H21NO. The average molecular weight is 315 g/mol. The number of benzene rings is 2. The van der Waals surface area contributed by atoms with Gasteiger partial charge in [0.15, 0.2) is 5.78 Å². The molecule has 0 radical (unpaired) electrons. The summed E-state index contributed by atoms with van der Waals surface area (Å²) in [4.78, 5) is 15.1. The van der Waals surface area contributed by atoms with Gasteiger partial charge in [0.1, 0.15) is 0 Å². The topological polar surface area (TPSA) is 20.3 Å². The summed E-state index contributed by atoms with van der Waals surface area (Å²) in [7, 11) is 0. The summed E-state index contributed by atoms with van der Waals surface area (Å²) in [6, 6.07) is 20.0. The number of piperidine rings is 1. The number of nitrogens with zero attached hydrogens (tertiary/aromatic N) is 1. The molecule has 0 bridgehead atoms. The summed E-state index contributed by atoms with van der Waals surface area (Å²) in [6.45, 7) is 5.91. The lowest BCUT2D eigenvalue weighted by Gasteiger charge is -2.28. The number of hydrogen-bond acceptors (Lipinski definition) is 2. The zero-order valence-corrected chi connectivity index (χ0v) is 13.7. The van der Waals surface area contributed by atoms with Crippen molar-refractivity contribution in [2.24, 2.45) is 0 Å². The van der Waals surface area contributed by atoms with E-state index < -0.39 is 0 Å². The van der Waals surface area contributed by atoms with Crippen LogP contribution in [0.25, 0.3) is 12.2 Å². The predicted molar refractivity (Wildman–Crippen MR) is 100 cm³/mol. The van der Waals surface area contributed by atoms with Crippen molar-refractivity contribution >= 4 is 17.9 Å². The lowest BCUT2D eigenvalue weighted by Crippen LogP contribution is -2.37. The molecule has 0 N–H and O–H groups in total. The number of carbonyl (C=O) groups is 1. The highest BCUT2D eigenvalue weighted by molar-refractivity contribution is 6.14. The average Bonchev–Trinajstić information content (AvgIpc) is 2.61. The highest BCUT2D eigenvalue weighted by Crippen LogP contribution is 2.22. The van der Waals surface area contributed by atoms with Gasteiger partial charge >= 0.3 is 0 Å². The van der Waals surface area contributed by atoms with Gasteiger partial charge in [-0.2, -0.15) is 0 Å². The number of carbonyl (C=O) groups excluding carboxylic acids is 1.